The van der Waals surface area contributed by atoms with Gasteiger partial charge < -0.3 is 19.3 Å². The van der Waals surface area contributed by atoms with Crippen molar-refractivity contribution in [1.82, 2.24) is 0 Å². The summed E-state index contributed by atoms with van der Waals surface area (Å²) in [6.07, 6.45) is 1.34. The van der Waals surface area contributed by atoms with E-state index in [4.69, 9.17) is 19.3 Å². The van der Waals surface area contributed by atoms with Crippen molar-refractivity contribution in [3.05, 3.63) is 0 Å². The molecule has 0 aromatic heterocycles. The molecule has 21 heavy (non-hydrogen) atoms. The Morgan fingerprint density at radius 1 is 0.810 bits per heavy atom. The zero-order valence-corrected chi connectivity index (χ0v) is 15.0. The van der Waals surface area contributed by atoms with Crippen molar-refractivity contribution in [3.8, 4) is 0 Å². The van der Waals surface area contributed by atoms with Crippen molar-refractivity contribution in [2.45, 2.75) is 79.3 Å². The second kappa shape index (κ2) is 11.4. The Morgan fingerprint density at radius 3 is 1.81 bits per heavy atom. The lowest BCUT2D eigenvalue weighted by Crippen LogP contribution is -2.34. The van der Waals surface area contributed by atoms with Crippen LogP contribution in [0.25, 0.3) is 0 Å². The SMILES string of the molecule is CCC(C)C(OC(C)COC(C)COC(C)CO)C(C)C. The largest absolute Gasteiger partial charge is 0.394 e. The lowest BCUT2D eigenvalue weighted by Gasteiger charge is -2.30. The molecule has 4 nitrogen and oxygen atoms in total. The fraction of sp³-hybridized carbons (Fsp3) is 1.00. The Balaban J connectivity index is 4.04. The molecular formula is C17H36O4. The summed E-state index contributed by atoms with van der Waals surface area (Å²) in [6.45, 7) is 15.8. The van der Waals surface area contributed by atoms with E-state index in [0.29, 0.717) is 25.0 Å². The first kappa shape index (κ1) is 20.8. The lowest BCUT2D eigenvalue weighted by molar-refractivity contribution is -0.109. The number of hydrogen-bond donors (Lipinski definition) is 1. The number of rotatable bonds is 12. The Kier molecular flexibility index (Phi) is 11.3. The van der Waals surface area contributed by atoms with Crippen molar-refractivity contribution in [2.24, 2.45) is 11.8 Å². The third-order valence-corrected chi connectivity index (χ3v) is 3.74. The molecule has 5 atom stereocenters. The van der Waals surface area contributed by atoms with Crippen molar-refractivity contribution in [2.75, 3.05) is 19.8 Å². The standard InChI is InChI=1S/C17H36O4/c1-8-13(4)17(12(2)3)21-16(7)11-20-15(6)10-19-14(5)9-18/h12-18H,8-11H2,1-7H3. The van der Waals surface area contributed by atoms with Gasteiger partial charge in [-0.05, 0) is 32.6 Å². The first-order chi connectivity index (χ1) is 9.81. The molecule has 0 rings (SSSR count). The minimum absolute atomic E-state index is 0.00569. The zero-order valence-electron chi connectivity index (χ0n) is 15.0. The van der Waals surface area contributed by atoms with Gasteiger partial charge in [-0.15, -0.1) is 0 Å². The first-order valence-corrected chi connectivity index (χ1v) is 8.31. The summed E-state index contributed by atoms with van der Waals surface area (Å²) < 4.78 is 17.4. The van der Waals surface area contributed by atoms with E-state index >= 15 is 0 Å². The molecule has 0 spiro atoms. The number of ether oxygens (including phenoxy) is 3. The van der Waals surface area contributed by atoms with Gasteiger partial charge in [0.15, 0.2) is 0 Å². The molecule has 0 saturated heterocycles. The molecule has 0 heterocycles. The maximum atomic E-state index is 8.91. The number of aliphatic hydroxyl groups is 1. The van der Waals surface area contributed by atoms with Gasteiger partial charge in [-0.2, -0.15) is 0 Å². The van der Waals surface area contributed by atoms with E-state index in [-0.39, 0.29) is 31.0 Å². The van der Waals surface area contributed by atoms with Gasteiger partial charge in [0.2, 0.25) is 0 Å². The van der Waals surface area contributed by atoms with Crippen LogP contribution in [-0.4, -0.2) is 49.3 Å². The van der Waals surface area contributed by atoms with Crippen LogP contribution in [0.1, 0.15) is 54.9 Å². The van der Waals surface area contributed by atoms with E-state index in [0.717, 1.165) is 6.42 Å². The van der Waals surface area contributed by atoms with Gasteiger partial charge in [-0.3, -0.25) is 0 Å². The monoisotopic (exact) mass is 304 g/mol. The van der Waals surface area contributed by atoms with Crippen LogP contribution in [0.5, 0.6) is 0 Å². The highest BCUT2D eigenvalue weighted by Gasteiger charge is 2.23. The number of hydrogen-bond acceptors (Lipinski definition) is 4. The van der Waals surface area contributed by atoms with Crippen molar-refractivity contribution < 1.29 is 19.3 Å². The predicted molar refractivity (Wildman–Crippen MR) is 86.5 cm³/mol. The van der Waals surface area contributed by atoms with E-state index < -0.39 is 0 Å². The predicted octanol–water partition coefficient (Wildman–Crippen LogP) is 3.26. The Hall–Kier alpha value is -0.160. The quantitative estimate of drug-likeness (QED) is 0.601. The minimum Gasteiger partial charge on any atom is -0.394 e. The molecule has 0 aliphatic carbocycles. The second-order valence-corrected chi connectivity index (χ2v) is 6.51. The van der Waals surface area contributed by atoms with Gasteiger partial charge >= 0.3 is 0 Å². The number of aliphatic hydroxyl groups excluding tert-OH is 1. The summed E-state index contributed by atoms with van der Waals surface area (Å²) in [4.78, 5) is 0. The third kappa shape index (κ3) is 9.46. The summed E-state index contributed by atoms with van der Waals surface area (Å²) in [5.74, 6) is 1.06. The maximum absolute atomic E-state index is 8.91. The molecule has 0 radical (unpaired) electrons. The molecule has 0 aliphatic rings. The van der Waals surface area contributed by atoms with Gasteiger partial charge in [0.1, 0.15) is 0 Å². The molecule has 4 heteroatoms. The molecule has 1 N–H and O–H groups in total. The van der Waals surface area contributed by atoms with Gasteiger partial charge in [0.05, 0.1) is 44.2 Å². The highest BCUT2D eigenvalue weighted by atomic mass is 16.6. The van der Waals surface area contributed by atoms with Crippen LogP contribution >= 0.6 is 0 Å². The van der Waals surface area contributed by atoms with E-state index in [1.54, 1.807) is 0 Å². The minimum atomic E-state index is -0.138. The summed E-state index contributed by atoms with van der Waals surface area (Å²) in [6, 6.07) is 0. The van der Waals surface area contributed by atoms with Gasteiger partial charge in [-0.1, -0.05) is 34.1 Å². The van der Waals surface area contributed by atoms with Gasteiger partial charge in [-0.25, -0.2) is 0 Å². The van der Waals surface area contributed by atoms with Crippen molar-refractivity contribution >= 4 is 0 Å². The van der Waals surface area contributed by atoms with Crippen LogP contribution in [0.2, 0.25) is 0 Å². The van der Waals surface area contributed by atoms with Crippen LogP contribution in [-0.2, 0) is 14.2 Å². The molecule has 0 amide bonds. The van der Waals surface area contributed by atoms with E-state index in [1.807, 2.05) is 13.8 Å². The molecule has 0 saturated carbocycles. The summed E-state index contributed by atoms with van der Waals surface area (Å²) in [5, 5.41) is 8.91. The molecule has 0 aromatic carbocycles. The molecular weight excluding hydrogens is 268 g/mol. The normalized spacial score (nSPS) is 19.3. The molecule has 0 aromatic rings. The lowest BCUT2D eigenvalue weighted by atomic mass is 9.92. The van der Waals surface area contributed by atoms with E-state index in [9.17, 15) is 0 Å². The molecule has 0 aliphatic heterocycles. The summed E-state index contributed by atoms with van der Waals surface area (Å²) in [5.41, 5.74) is 0. The van der Waals surface area contributed by atoms with Crippen molar-refractivity contribution in [3.63, 3.8) is 0 Å². The molecule has 0 bridgehead atoms. The van der Waals surface area contributed by atoms with Gasteiger partial charge in [0, 0.05) is 0 Å². The Bertz CT molecular complexity index is 245. The highest BCUT2D eigenvalue weighted by molar-refractivity contribution is 4.70. The fourth-order valence-electron chi connectivity index (χ4n) is 2.19. The second-order valence-electron chi connectivity index (χ2n) is 6.51. The third-order valence-electron chi connectivity index (χ3n) is 3.74. The molecule has 5 unspecified atom stereocenters. The first-order valence-electron chi connectivity index (χ1n) is 8.31. The van der Waals surface area contributed by atoms with Crippen LogP contribution in [0, 0.1) is 11.8 Å². The van der Waals surface area contributed by atoms with E-state index in [1.165, 1.54) is 0 Å². The molecule has 0 fully saturated rings. The average Bonchev–Trinajstić information content (AvgIpc) is 2.46. The van der Waals surface area contributed by atoms with Crippen LogP contribution in [0.15, 0.2) is 0 Å². The highest BCUT2D eigenvalue weighted by Crippen LogP contribution is 2.21. The van der Waals surface area contributed by atoms with Gasteiger partial charge in [0.25, 0.3) is 0 Å². The average molecular weight is 304 g/mol. The fourth-order valence-corrected chi connectivity index (χ4v) is 2.19. The van der Waals surface area contributed by atoms with Crippen LogP contribution in [0.3, 0.4) is 0 Å². The summed E-state index contributed by atoms with van der Waals surface area (Å²) >= 11 is 0. The Labute approximate surface area is 131 Å². The Morgan fingerprint density at radius 2 is 1.33 bits per heavy atom. The smallest absolute Gasteiger partial charge is 0.0784 e. The van der Waals surface area contributed by atoms with Crippen molar-refractivity contribution in [1.29, 1.82) is 0 Å². The van der Waals surface area contributed by atoms with Crippen LogP contribution < -0.4 is 0 Å². The molecule has 128 valence electrons. The van der Waals surface area contributed by atoms with E-state index in [2.05, 4.69) is 34.6 Å². The summed E-state index contributed by atoms with van der Waals surface area (Å²) in [7, 11) is 0. The zero-order chi connectivity index (χ0) is 16.4. The van der Waals surface area contributed by atoms with Crippen LogP contribution in [0.4, 0.5) is 0 Å². The maximum Gasteiger partial charge on any atom is 0.0784 e. The topological polar surface area (TPSA) is 47.9 Å².